The van der Waals surface area contributed by atoms with Crippen LogP contribution in [0.15, 0.2) is 0 Å². The largest absolute Gasteiger partial charge is 0.382 e. The average molecular weight is 231 g/mol. The van der Waals surface area contributed by atoms with Crippen LogP contribution >= 0.6 is 0 Å². The molecule has 0 aromatic rings. The predicted molar refractivity (Wildman–Crippen MR) is 63.7 cm³/mol. The average Bonchev–Trinajstić information content (AvgIpc) is 2.26. The van der Waals surface area contributed by atoms with Crippen molar-refractivity contribution >= 4 is 0 Å². The fourth-order valence-corrected chi connectivity index (χ4v) is 2.18. The van der Waals surface area contributed by atoms with Crippen molar-refractivity contribution in [2.24, 2.45) is 5.41 Å². The van der Waals surface area contributed by atoms with Gasteiger partial charge in [-0.1, -0.05) is 13.8 Å². The van der Waals surface area contributed by atoms with E-state index in [1.807, 2.05) is 0 Å². The molecule has 1 saturated carbocycles. The summed E-state index contributed by atoms with van der Waals surface area (Å²) >= 11 is 0. The fourth-order valence-electron chi connectivity index (χ4n) is 2.18. The Hall–Kier alpha value is -0.160. The minimum Gasteiger partial charge on any atom is -0.382 e. The van der Waals surface area contributed by atoms with Crippen LogP contribution < -0.4 is 5.32 Å². The summed E-state index contributed by atoms with van der Waals surface area (Å²) < 4.78 is 15.7. The zero-order valence-electron chi connectivity index (χ0n) is 10.9. The number of hydrogen-bond donors (Lipinski definition) is 1. The molecule has 1 aliphatic carbocycles. The number of methoxy groups -OCH3 is 2. The van der Waals surface area contributed by atoms with Crippen molar-refractivity contribution in [2.75, 3.05) is 40.6 Å². The van der Waals surface area contributed by atoms with Gasteiger partial charge in [0, 0.05) is 32.2 Å². The van der Waals surface area contributed by atoms with E-state index in [9.17, 15) is 0 Å². The van der Waals surface area contributed by atoms with Gasteiger partial charge < -0.3 is 19.5 Å². The highest BCUT2D eigenvalue weighted by Gasteiger charge is 2.47. The van der Waals surface area contributed by atoms with E-state index < -0.39 is 0 Å². The summed E-state index contributed by atoms with van der Waals surface area (Å²) in [6.45, 7) is 7.47. The van der Waals surface area contributed by atoms with Crippen LogP contribution in [0.4, 0.5) is 0 Å². The Morgan fingerprint density at radius 3 is 2.50 bits per heavy atom. The molecule has 4 nitrogen and oxygen atoms in total. The van der Waals surface area contributed by atoms with E-state index in [2.05, 4.69) is 19.2 Å². The minimum atomic E-state index is 0.237. The molecule has 0 radical (unpaired) electrons. The van der Waals surface area contributed by atoms with Crippen molar-refractivity contribution in [1.82, 2.24) is 5.32 Å². The Morgan fingerprint density at radius 1 is 1.19 bits per heavy atom. The molecule has 1 N–H and O–H groups in total. The van der Waals surface area contributed by atoms with Gasteiger partial charge in [-0.05, 0) is 6.42 Å². The summed E-state index contributed by atoms with van der Waals surface area (Å²) in [7, 11) is 3.47. The van der Waals surface area contributed by atoms with E-state index in [0.717, 1.165) is 19.6 Å². The van der Waals surface area contributed by atoms with Gasteiger partial charge in [-0.25, -0.2) is 0 Å². The van der Waals surface area contributed by atoms with Crippen LogP contribution in [0.3, 0.4) is 0 Å². The number of hydrogen-bond acceptors (Lipinski definition) is 4. The van der Waals surface area contributed by atoms with E-state index in [4.69, 9.17) is 14.2 Å². The van der Waals surface area contributed by atoms with Gasteiger partial charge in [-0.15, -0.1) is 0 Å². The first-order valence-corrected chi connectivity index (χ1v) is 5.95. The van der Waals surface area contributed by atoms with Gasteiger partial charge >= 0.3 is 0 Å². The lowest BCUT2D eigenvalue weighted by atomic mass is 9.64. The molecule has 0 aromatic carbocycles. The zero-order valence-corrected chi connectivity index (χ0v) is 10.9. The Morgan fingerprint density at radius 2 is 1.94 bits per heavy atom. The fraction of sp³-hybridized carbons (Fsp3) is 1.00. The normalized spacial score (nSPS) is 27.8. The molecule has 16 heavy (non-hydrogen) atoms. The third kappa shape index (κ3) is 3.42. The molecular formula is C12H25NO3. The Balaban J connectivity index is 2.03. The van der Waals surface area contributed by atoms with Crippen molar-refractivity contribution in [2.45, 2.75) is 32.4 Å². The molecule has 0 bridgehead atoms. The van der Waals surface area contributed by atoms with Crippen LogP contribution in [0.2, 0.25) is 0 Å². The quantitative estimate of drug-likeness (QED) is 0.634. The molecule has 4 heteroatoms. The lowest BCUT2D eigenvalue weighted by Gasteiger charge is -2.51. The molecule has 2 unspecified atom stereocenters. The minimum absolute atomic E-state index is 0.237. The van der Waals surface area contributed by atoms with E-state index in [-0.39, 0.29) is 5.41 Å². The third-order valence-electron chi connectivity index (χ3n) is 3.53. The first-order valence-electron chi connectivity index (χ1n) is 5.95. The predicted octanol–water partition coefficient (Wildman–Crippen LogP) is 1.05. The first-order chi connectivity index (χ1) is 7.62. The Bertz CT molecular complexity index is 197. The molecule has 1 fully saturated rings. The Labute approximate surface area is 98.6 Å². The third-order valence-corrected chi connectivity index (χ3v) is 3.53. The van der Waals surface area contributed by atoms with Gasteiger partial charge in [0.1, 0.15) is 0 Å². The smallest absolute Gasteiger partial charge is 0.0700 e. The van der Waals surface area contributed by atoms with E-state index in [1.165, 1.54) is 0 Å². The second-order valence-corrected chi connectivity index (χ2v) is 4.89. The highest BCUT2D eigenvalue weighted by molar-refractivity contribution is 5.02. The van der Waals surface area contributed by atoms with E-state index in [0.29, 0.717) is 25.4 Å². The lowest BCUT2D eigenvalue weighted by molar-refractivity contribution is -0.0984. The molecule has 0 spiro atoms. The Kier molecular flexibility index (Phi) is 5.69. The van der Waals surface area contributed by atoms with Crippen LogP contribution in [0.25, 0.3) is 0 Å². The molecule has 0 heterocycles. The molecule has 1 aliphatic rings. The van der Waals surface area contributed by atoms with Crippen molar-refractivity contribution in [3.05, 3.63) is 0 Å². The molecule has 0 aliphatic heterocycles. The molecule has 1 rings (SSSR count). The summed E-state index contributed by atoms with van der Waals surface area (Å²) in [5.41, 5.74) is 0.237. The van der Waals surface area contributed by atoms with E-state index >= 15 is 0 Å². The molecule has 2 atom stereocenters. The van der Waals surface area contributed by atoms with Gasteiger partial charge in [0.15, 0.2) is 0 Å². The molecule has 0 saturated heterocycles. The standard InChI is InChI=1S/C12H25NO3/c1-12(2)10(9-11(12)15-4)13-5-6-16-8-7-14-3/h10-11,13H,5-9H2,1-4H3. The van der Waals surface area contributed by atoms with Crippen LogP contribution in [-0.2, 0) is 14.2 Å². The van der Waals surface area contributed by atoms with Gasteiger partial charge in [0.2, 0.25) is 0 Å². The van der Waals surface area contributed by atoms with Gasteiger partial charge in [-0.3, -0.25) is 0 Å². The molecule has 96 valence electrons. The number of ether oxygens (including phenoxy) is 3. The summed E-state index contributed by atoms with van der Waals surface area (Å²) in [5.74, 6) is 0. The SMILES string of the molecule is COCCOCCNC1CC(OC)C1(C)C. The van der Waals surface area contributed by atoms with Crippen LogP contribution in [0, 0.1) is 5.41 Å². The first kappa shape index (κ1) is 13.9. The highest BCUT2D eigenvalue weighted by atomic mass is 16.5. The monoisotopic (exact) mass is 231 g/mol. The van der Waals surface area contributed by atoms with Crippen LogP contribution in [0.1, 0.15) is 20.3 Å². The number of nitrogens with one attached hydrogen (secondary N) is 1. The second kappa shape index (κ2) is 6.55. The molecular weight excluding hydrogens is 206 g/mol. The maximum absolute atomic E-state index is 5.40. The van der Waals surface area contributed by atoms with Crippen LogP contribution in [-0.4, -0.2) is 52.7 Å². The summed E-state index contributed by atoms with van der Waals surface area (Å²) in [6, 6.07) is 0.545. The van der Waals surface area contributed by atoms with E-state index in [1.54, 1.807) is 14.2 Å². The van der Waals surface area contributed by atoms with Crippen molar-refractivity contribution in [3.8, 4) is 0 Å². The maximum atomic E-state index is 5.40. The van der Waals surface area contributed by atoms with Crippen molar-refractivity contribution in [1.29, 1.82) is 0 Å². The lowest BCUT2D eigenvalue weighted by Crippen LogP contribution is -2.61. The van der Waals surface area contributed by atoms with Crippen LogP contribution in [0.5, 0.6) is 0 Å². The molecule has 0 aromatic heterocycles. The summed E-state index contributed by atoms with van der Waals surface area (Å²) in [5, 5.41) is 3.50. The van der Waals surface area contributed by atoms with Gasteiger partial charge in [0.25, 0.3) is 0 Å². The zero-order chi connectivity index (χ0) is 12.0. The summed E-state index contributed by atoms with van der Waals surface area (Å²) in [6.07, 6.45) is 1.49. The maximum Gasteiger partial charge on any atom is 0.0700 e. The molecule has 0 amide bonds. The summed E-state index contributed by atoms with van der Waals surface area (Å²) in [4.78, 5) is 0. The van der Waals surface area contributed by atoms with Crippen molar-refractivity contribution in [3.63, 3.8) is 0 Å². The topological polar surface area (TPSA) is 39.7 Å². The van der Waals surface area contributed by atoms with Gasteiger partial charge in [-0.2, -0.15) is 0 Å². The van der Waals surface area contributed by atoms with Gasteiger partial charge in [0.05, 0.1) is 25.9 Å². The second-order valence-electron chi connectivity index (χ2n) is 4.89. The number of rotatable bonds is 8. The highest BCUT2D eigenvalue weighted by Crippen LogP contribution is 2.42. The van der Waals surface area contributed by atoms with Crippen molar-refractivity contribution < 1.29 is 14.2 Å².